The minimum atomic E-state index is 0.529. The Kier molecular flexibility index (Phi) is 1.30. The number of aryl methyl sites for hydroxylation is 1. The molecule has 1 aromatic carbocycles. The zero-order valence-corrected chi connectivity index (χ0v) is 8.06. The van der Waals surface area contributed by atoms with Gasteiger partial charge in [-0.05, 0) is 31.4 Å². The van der Waals surface area contributed by atoms with E-state index in [1.807, 2.05) is 0 Å². The van der Waals surface area contributed by atoms with Crippen LogP contribution in [0, 0.1) is 6.92 Å². The second-order valence-electron chi connectivity index (χ2n) is 4.54. The van der Waals surface area contributed by atoms with Gasteiger partial charge in [0.2, 0.25) is 0 Å². The van der Waals surface area contributed by atoms with Gasteiger partial charge in [-0.2, -0.15) is 0 Å². The maximum atomic E-state index is 3.52. The number of fused-ring (bicyclic) bond motifs is 2. The van der Waals surface area contributed by atoms with Gasteiger partial charge in [-0.15, -0.1) is 0 Å². The second-order valence-corrected chi connectivity index (χ2v) is 4.54. The van der Waals surface area contributed by atoms with Gasteiger partial charge in [0.1, 0.15) is 0 Å². The third kappa shape index (κ3) is 0.874. The third-order valence-corrected chi connectivity index (χ3v) is 3.67. The monoisotopic (exact) mass is 173 g/mol. The fourth-order valence-corrected chi connectivity index (χ4v) is 2.66. The van der Waals surface area contributed by atoms with Crippen molar-refractivity contribution in [1.29, 1.82) is 0 Å². The van der Waals surface area contributed by atoms with Crippen LogP contribution < -0.4 is 5.32 Å². The van der Waals surface area contributed by atoms with Crippen molar-refractivity contribution in [1.82, 2.24) is 0 Å². The Morgan fingerprint density at radius 1 is 1.31 bits per heavy atom. The van der Waals surface area contributed by atoms with Crippen molar-refractivity contribution >= 4 is 5.69 Å². The summed E-state index contributed by atoms with van der Waals surface area (Å²) in [6.07, 6.45) is 4.18. The quantitative estimate of drug-likeness (QED) is 0.636. The first-order valence-corrected chi connectivity index (χ1v) is 5.15. The Labute approximate surface area is 79.2 Å². The van der Waals surface area contributed by atoms with E-state index in [0.29, 0.717) is 5.41 Å². The summed E-state index contributed by atoms with van der Waals surface area (Å²) in [5.41, 5.74) is 4.89. The largest absolute Gasteiger partial charge is 0.384 e. The van der Waals surface area contributed by atoms with E-state index < -0.39 is 0 Å². The highest BCUT2D eigenvalue weighted by molar-refractivity contribution is 5.62. The first-order valence-electron chi connectivity index (χ1n) is 5.15. The Balaban J connectivity index is 2.14. The third-order valence-electron chi connectivity index (χ3n) is 3.67. The lowest BCUT2D eigenvalue weighted by molar-refractivity contribution is 0.272. The molecule has 0 unspecified atom stereocenters. The van der Waals surface area contributed by atoms with Crippen LogP contribution in [-0.2, 0) is 5.41 Å². The zero-order chi connectivity index (χ0) is 8.89. The predicted molar refractivity (Wildman–Crippen MR) is 55.2 cm³/mol. The van der Waals surface area contributed by atoms with E-state index in [9.17, 15) is 0 Å². The fourth-order valence-electron chi connectivity index (χ4n) is 2.66. The maximum Gasteiger partial charge on any atom is 0.0379 e. The van der Waals surface area contributed by atoms with Crippen LogP contribution >= 0.6 is 0 Å². The van der Waals surface area contributed by atoms with Crippen molar-refractivity contribution in [3.63, 3.8) is 0 Å². The molecule has 0 saturated heterocycles. The van der Waals surface area contributed by atoms with Crippen LogP contribution in [-0.4, -0.2) is 6.54 Å². The smallest absolute Gasteiger partial charge is 0.0379 e. The number of rotatable bonds is 0. The summed E-state index contributed by atoms with van der Waals surface area (Å²) in [5.74, 6) is 0. The highest BCUT2D eigenvalue weighted by Crippen LogP contribution is 2.50. The van der Waals surface area contributed by atoms with E-state index in [2.05, 4.69) is 30.4 Å². The molecule has 1 nitrogen and oxygen atoms in total. The molecule has 1 aromatic rings. The summed E-state index contributed by atoms with van der Waals surface area (Å²) >= 11 is 0. The molecular formula is C12H15N. The Hall–Kier alpha value is -0.980. The van der Waals surface area contributed by atoms with Crippen molar-refractivity contribution in [2.24, 2.45) is 0 Å². The minimum absolute atomic E-state index is 0.529. The van der Waals surface area contributed by atoms with Crippen LogP contribution in [0.2, 0.25) is 0 Å². The number of benzene rings is 1. The molecule has 1 aliphatic carbocycles. The average molecular weight is 173 g/mol. The van der Waals surface area contributed by atoms with Gasteiger partial charge >= 0.3 is 0 Å². The van der Waals surface area contributed by atoms with Crippen molar-refractivity contribution in [2.45, 2.75) is 31.6 Å². The maximum absolute atomic E-state index is 3.52. The van der Waals surface area contributed by atoms with E-state index in [1.54, 1.807) is 5.56 Å². The molecule has 3 rings (SSSR count). The molecule has 1 fully saturated rings. The van der Waals surface area contributed by atoms with Crippen LogP contribution in [0.15, 0.2) is 18.2 Å². The summed E-state index contributed by atoms with van der Waals surface area (Å²) < 4.78 is 0. The molecule has 1 heterocycles. The van der Waals surface area contributed by atoms with Gasteiger partial charge in [0.05, 0.1) is 0 Å². The Morgan fingerprint density at radius 3 is 2.85 bits per heavy atom. The van der Waals surface area contributed by atoms with E-state index in [1.165, 1.54) is 37.1 Å². The topological polar surface area (TPSA) is 12.0 Å². The van der Waals surface area contributed by atoms with Gasteiger partial charge in [0.15, 0.2) is 0 Å². The molecule has 0 amide bonds. The molecule has 1 N–H and O–H groups in total. The summed E-state index contributed by atoms with van der Waals surface area (Å²) in [7, 11) is 0. The lowest BCUT2D eigenvalue weighted by Gasteiger charge is -2.38. The molecule has 2 aliphatic rings. The summed E-state index contributed by atoms with van der Waals surface area (Å²) in [4.78, 5) is 0. The van der Waals surface area contributed by atoms with E-state index >= 15 is 0 Å². The molecule has 0 radical (unpaired) electrons. The molecule has 0 aromatic heterocycles. The van der Waals surface area contributed by atoms with E-state index in [-0.39, 0.29) is 0 Å². The van der Waals surface area contributed by atoms with Gasteiger partial charge in [-0.25, -0.2) is 0 Å². The first-order chi connectivity index (χ1) is 6.30. The van der Waals surface area contributed by atoms with Gasteiger partial charge < -0.3 is 5.32 Å². The Bertz CT molecular complexity index is 350. The summed E-state index contributed by atoms with van der Waals surface area (Å²) in [6, 6.07) is 6.80. The van der Waals surface area contributed by atoms with Crippen molar-refractivity contribution < 1.29 is 0 Å². The number of nitrogens with one attached hydrogen (secondary N) is 1. The molecule has 68 valence electrons. The zero-order valence-electron chi connectivity index (χ0n) is 8.06. The molecule has 13 heavy (non-hydrogen) atoms. The standard InChI is InChI=1S/C12H15N/c1-9-3-4-11-10(7-9)12(8-13-11)5-2-6-12/h3-4,7,13H,2,5-6,8H2,1H3. The molecule has 0 atom stereocenters. The van der Waals surface area contributed by atoms with Crippen LogP contribution in [0.25, 0.3) is 0 Å². The summed E-state index contributed by atoms with van der Waals surface area (Å²) in [5, 5.41) is 3.52. The fraction of sp³-hybridized carbons (Fsp3) is 0.500. The molecule has 1 heteroatoms. The highest BCUT2D eigenvalue weighted by Gasteiger charge is 2.43. The highest BCUT2D eigenvalue weighted by atomic mass is 14.9. The molecule has 1 saturated carbocycles. The summed E-state index contributed by atoms with van der Waals surface area (Å²) in [6.45, 7) is 3.36. The van der Waals surface area contributed by atoms with Crippen LogP contribution in [0.1, 0.15) is 30.4 Å². The second kappa shape index (κ2) is 2.28. The van der Waals surface area contributed by atoms with Gasteiger partial charge in [-0.3, -0.25) is 0 Å². The number of hydrogen-bond donors (Lipinski definition) is 1. The van der Waals surface area contributed by atoms with Crippen LogP contribution in [0.5, 0.6) is 0 Å². The minimum Gasteiger partial charge on any atom is -0.384 e. The van der Waals surface area contributed by atoms with Crippen molar-refractivity contribution in [3.8, 4) is 0 Å². The van der Waals surface area contributed by atoms with Crippen molar-refractivity contribution in [2.75, 3.05) is 11.9 Å². The Morgan fingerprint density at radius 2 is 2.15 bits per heavy atom. The lowest BCUT2D eigenvalue weighted by atomic mass is 9.65. The van der Waals surface area contributed by atoms with Gasteiger partial charge in [0.25, 0.3) is 0 Å². The normalized spacial score (nSPS) is 22.2. The van der Waals surface area contributed by atoms with Gasteiger partial charge in [-0.1, -0.05) is 24.1 Å². The SMILES string of the molecule is Cc1ccc2c(c1)C1(CCC1)CN2. The molecular weight excluding hydrogens is 158 g/mol. The predicted octanol–water partition coefficient (Wildman–Crippen LogP) is 2.84. The van der Waals surface area contributed by atoms with Crippen LogP contribution in [0.4, 0.5) is 5.69 Å². The van der Waals surface area contributed by atoms with E-state index in [0.717, 1.165) is 0 Å². The van der Waals surface area contributed by atoms with Crippen LogP contribution in [0.3, 0.4) is 0 Å². The number of hydrogen-bond acceptors (Lipinski definition) is 1. The molecule has 1 spiro atoms. The van der Waals surface area contributed by atoms with Crippen molar-refractivity contribution in [3.05, 3.63) is 29.3 Å². The lowest BCUT2D eigenvalue weighted by Crippen LogP contribution is -2.35. The van der Waals surface area contributed by atoms with E-state index in [4.69, 9.17) is 0 Å². The first kappa shape index (κ1) is 7.43. The number of anilines is 1. The van der Waals surface area contributed by atoms with Gasteiger partial charge in [0, 0.05) is 17.6 Å². The molecule has 0 bridgehead atoms. The molecule has 1 aliphatic heterocycles. The average Bonchev–Trinajstić information content (AvgIpc) is 2.41.